The third-order valence-electron chi connectivity index (χ3n) is 2.97. The molecular formula is C14H9BF3K. The van der Waals surface area contributed by atoms with E-state index in [2.05, 4.69) is 54.6 Å². The van der Waals surface area contributed by atoms with Crippen LogP contribution in [0.15, 0.2) is 54.6 Å². The van der Waals surface area contributed by atoms with E-state index in [4.69, 9.17) is 0 Å². The van der Waals surface area contributed by atoms with Crippen LogP contribution in [-0.4, -0.2) is 56.5 Å². The van der Waals surface area contributed by atoms with Gasteiger partial charge in [0.1, 0.15) is 0 Å². The van der Waals surface area contributed by atoms with Crippen molar-refractivity contribution in [3.8, 4) is 0 Å². The van der Waals surface area contributed by atoms with Crippen molar-refractivity contribution in [1.82, 2.24) is 0 Å². The number of benzene rings is 3. The molecule has 0 aliphatic rings. The van der Waals surface area contributed by atoms with Crippen molar-refractivity contribution in [3.63, 3.8) is 0 Å². The molecule has 19 heavy (non-hydrogen) atoms. The van der Waals surface area contributed by atoms with E-state index in [1.165, 1.54) is 21.2 Å². The summed E-state index contributed by atoms with van der Waals surface area (Å²) >= 11 is 0.733. The molecule has 0 aliphatic carbocycles. The summed E-state index contributed by atoms with van der Waals surface area (Å²) in [7, 11) is -3.67. The van der Waals surface area contributed by atoms with E-state index in [1.54, 1.807) is 0 Å². The zero-order chi connectivity index (χ0) is 13.8. The van der Waals surface area contributed by atoms with Gasteiger partial charge in [0.15, 0.2) is 0 Å². The van der Waals surface area contributed by atoms with E-state index in [0.29, 0.717) is 0 Å². The molecule has 0 N–H and O–H groups in total. The van der Waals surface area contributed by atoms with Crippen LogP contribution in [0.2, 0.25) is 0 Å². The molecule has 0 aliphatic heterocycles. The molecule has 0 spiro atoms. The van der Waals surface area contributed by atoms with Crippen LogP contribution in [0.5, 0.6) is 0 Å². The Morgan fingerprint density at radius 3 is 1.84 bits per heavy atom. The van der Waals surface area contributed by atoms with Crippen LogP contribution in [0.1, 0.15) is 0 Å². The van der Waals surface area contributed by atoms with Crippen LogP contribution in [0, 0.1) is 0 Å². The predicted octanol–water partition coefficient (Wildman–Crippen LogP) is 3.67. The third-order valence-corrected chi connectivity index (χ3v) is 4.27. The zero-order valence-corrected chi connectivity index (χ0v) is 13.5. The van der Waals surface area contributed by atoms with Gasteiger partial charge >= 0.3 is 132 Å². The topological polar surface area (TPSA) is 0 Å². The van der Waals surface area contributed by atoms with Crippen molar-refractivity contribution in [3.05, 3.63) is 54.6 Å². The van der Waals surface area contributed by atoms with E-state index in [1.807, 2.05) is 0 Å². The van der Waals surface area contributed by atoms with Gasteiger partial charge in [-0.1, -0.05) is 0 Å². The monoisotopic (exact) mass is 284 g/mol. The molecule has 0 fully saturated rings. The van der Waals surface area contributed by atoms with Crippen LogP contribution in [0.4, 0.5) is 12.9 Å². The SMILES string of the molecule is FB(F)F.[K][c]1cc2ccccc2c2ccccc12. The van der Waals surface area contributed by atoms with Gasteiger partial charge in [-0.3, -0.25) is 12.9 Å². The summed E-state index contributed by atoms with van der Waals surface area (Å²) in [6, 6.07) is 19.7. The first-order chi connectivity index (χ1) is 9.09. The Kier molecular flexibility index (Phi) is 5.48. The van der Waals surface area contributed by atoms with Gasteiger partial charge in [0.05, 0.1) is 0 Å². The zero-order valence-electron chi connectivity index (χ0n) is 10.4. The first-order valence-electron chi connectivity index (χ1n) is 5.89. The van der Waals surface area contributed by atoms with E-state index in [0.717, 1.165) is 49.0 Å². The quantitative estimate of drug-likeness (QED) is 0.436. The Morgan fingerprint density at radius 1 is 0.737 bits per heavy atom. The second kappa shape index (κ2) is 6.90. The van der Waals surface area contributed by atoms with Gasteiger partial charge in [-0.25, -0.2) is 0 Å². The summed E-state index contributed by atoms with van der Waals surface area (Å²) < 4.78 is 30.5. The van der Waals surface area contributed by atoms with Crippen LogP contribution >= 0.6 is 0 Å². The summed E-state index contributed by atoms with van der Waals surface area (Å²) in [6.07, 6.45) is 0. The van der Waals surface area contributed by atoms with E-state index in [-0.39, 0.29) is 0 Å². The van der Waals surface area contributed by atoms with E-state index < -0.39 is 7.54 Å². The van der Waals surface area contributed by atoms with Gasteiger partial charge in [-0.2, -0.15) is 0 Å². The average molecular weight is 284 g/mol. The summed E-state index contributed by atoms with van der Waals surface area (Å²) in [5, 5.41) is 5.59. The fourth-order valence-electron chi connectivity index (χ4n) is 2.24. The molecule has 3 rings (SSSR count). The van der Waals surface area contributed by atoms with Crippen LogP contribution in [0.3, 0.4) is 0 Å². The van der Waals surface area contributed by atoms with Crippen molar-refractivity contribution in [1.29, 1.82) is 0 Å². The number of rotatable bonds is 0. The van der Waals surface area contributed by atoms with Crippen molar-refractivity contribution < 1.29 is 12.9 Å². The molecule has 3 aromatic rings. The van der Waals surface area contributed by atoms with Crippen LogP contribution in [0.25, 0.3) is 21.5 Å². The van der Waals surface area contributed by atoms with Crippen molar-refractivity contribution in [2.45, 2.75) is 0 Å². The normalized spacial score (nSPS) is 10.2. The van der Waals surface area contributed by atoms with E-state index >= 15 is 0 Å². The van der Waals surface area contributed by atoms with Gasteiger partial charge in [-0.15, -0.1) is 0 Å². The molecule has 0 nitrogen and oxygen atoms in total. The number of hydrogen-bond acceptors (Lipinski definition) is 0. The second-order valence-corrected chi connectivity index (χ2v) is 5.89. The number of hydrogen-bond donors (Lipinski definition) is 0. The molecule has 90 valence electrons. The maximum atomic E-state index is 9.67. The minimum absolute atomic E-state index is 0.733. The maximum absolute atomic E-state index is 9.67. The summed E-state index contributed by atoms with van der Waals surface area (Å²) in [4.78, 5) is 0. The summed E-state index contributed by atoms with van der Waals surface area (Å²) in [6.45, 7) is 0. The Balaban J connectivity index is 0.000000297. The van der Waals surface area contributed by atoms with Crippen LogP contribution in [-0.2, 0) is 0 Å². The average Bonchev–Trinajstić information content (AvgIpc) is 2.39. The summed E-state index contributed by atoms with van der Waals surface area (Å²) in [5.41, 5.74) is 0. The van der Waals surface area contributed by atoms with Gasteiger partial charge in [0.25, 0.3) is 0 Å². The molecule has 0 amide bonds. The third kappa shape index (κ3) is 3.83. The molecule has 0 radical (unpaired) electrons. The molecule has 0 unspecified atom stereocenters. The first-order valence-corrected chi connectivity index (χ1v) is 7.45. The fraction of sp³-hybridized carbons (Fsp3) is 0. The van der Waals surface area contributed by atoms with Crippen molar-refractivity contribution >= 4 is 77.7 Å². The number of fused-ring (bicyclic) bond motifs is 3. The molecule has 3 aromatic carbocycles. The Morgan fingerprint density at radius 2 is 1.21 bits per heavy atom. The molecule has 0 saturated carbocycles. The second-order valence-electron chi connectivity index (χ2n) is 4.21. The minimum atomic E-state index is -3.67. The van der Waals surface area contributed by atoms with Gasteiger partial charge in [-0.05, 0) is 0 Å². The molecule has 0 saturated heterocycles. The molecule has 0 bridgehead atoms. The first kappa shape index (κ1) is 15.1. The predicted molar refractivity (Wildman–Crippen MR) is 75.9 cm³/mol. The Bertz CT molecular complexity index is 698. The summed E-state index contributed by atoms with van der Waals surface area (Å²) in [5.74, 6) is 0. The van der Waals surface area contributed by atoms with Gasteiger partial charge in [0, 0.05) is 0 Å². The molecule has 5 heteroatoms. The van der Waals surface area contributed by atoms with Gasteiger partial charge < -0.3 is 0 Å². The Labute approximate surface area is 143 Å². The molecule has 0 aromatic heterocycles. The molecule has 0 atom stereocenters. The van der Waals surface area contributed by atoms with Gasteiger partial charge in [0.2, 0.25) is 0 Å². The van der Waals surface area contributed by atoms with Crippen LogP contribution < -0.4 is -0.342 Å². The Hall–Kier alpha value is -0.329. The fourth-order valence-corrected chi connectivity index (χ4v) is 3.41. The molecular weight excluding hydrogens is 275 g/mol. The number of halogens is 3. The van der Waals surface area contributed by atoms with Crippen molar-refractivity contribution in [2.75, 3.05) is 0 Å². The standard InChI is InChI=1S/C14H9.BF3.K/c1-3-7-13-11(5-1)9-10-12-6-2-4-8-14(12)13;2-1(3)4;/h1-9H;;. The van der Waals surface area contributed by atoms with Crippen molar-refractivity contribution in [2.24, 2.45) is 0 Å². The van der Waals surface area contributed by atoms with E-state index in [9.17, 15) is 12.9 Å². The molecule has 0 heterocycles.